The van der Waals surface area contributed by atoms with Gasteiger partial charge in [0.25, 0.3) is 35.4 Å². The number of fused-ring (bicyclic) bond motifs is 3. The minimum Gasteiger partial charge on any atom is -0.496 e. The number of amides is 9. The predicted molar refractivity (Wildman–Crippen MR) is 562 cm³/mol. The van der Waals surface area contributed by atoms with E-state index in [9.17, 15) is 72.5 Å². The van der Waals surface area contributed by atoms with Crippen molar-refractivity contribution in [2.75, 3.05) is 82.1 Å². The molecule has 15 rings (SSSR count). The third-order valence-electron chi connectivity index (χ3n) is 26.9. The van der Waals surface area contributed by atoms with Crippen molar-refractivity contribution in [3.63, 3.8) is 0 Å². The lowest BCUT2D eigenvalue weighted by Gasteiger charge is -2.36. The van der Waals surface area contributed by atoms with Gasteiger partial charge in [-0.2, -0.15) is 20.6 Å². The Balaban J connectivity index is 0.000000184. The van der Waals surface area contributed by atoms with Crippen LogP contribution in [0.3, 0.4) is 0 Å². The number of halogens is 2. The average Bonchev–Trinajstić information content (AvgIpc) is 1.74. The van der Waals surface area contributed by atoms with Crippen LogP contribution >= 0.6 is 0 Å². The Morgan fingerprint density at radius 3 is 1.02 bits per heavy atom. The Morgan fingerprint density at radius 1 is 0.381 bits per heavy atom. The summed E-state index contributed by atoms with van der Waals surface area (Å²) in [6.45, 7) is 22.2. The van der Waals surface area contributed by atoms with Gasteiger partial charge in [0, 0.05) is 98.6 Å². The van der Waals surface area contributed by atoms with Gasteiger partial charge in [-0.25, -0.2) is 22.8 Å². The van der Waals surface area contributed by atoms with Gasteiger partial charge < -0.3 is 65.4 Å². The maximum Gasteiger partial charge on any atom is 0.274 e. The number of anilines is 3. The highest BCUT2D eigenvalue weighted by Crippen LogP contribution is 2.36. The van der Waals surface area contributed by atoms with E-state index in [1.165, 1.54) is 6.07 Å². The molecule has 3 aromatic heterocycles. The maximum atomic E-state index is 14.6. The lowest BCUT2D eigenvalue weighted by Crippen LogP contribution is -2.46. The molecule has 3 aliphatic heterocycles. The van der Waals surface area contributed by atoms with Crippen LogP contribution in [-0.2, 0) is 72.5 Å². The molecule has 0 radical (unpaired) electrons. The number of carbonyl (C=O) groups is 9. The average molecular weight is 2000 g/mol. The van der Waals surface area contributed by atoms with Crippen LogP contribution in [0.25, 0.3) is 17.1 Å². The molecule has 3 atom stereocenters. The number of aliphatic hydroxyl groups is 3. The van der Waals surface area contributed by atoms with Crippen molar-refractivity contribution >= 4 is 70.2 Å². The highest BCUT2D eigenvalue weighted by atomic mass is 19.2. The number of benzene rings is 9. The largest absolute Gasteiger partial charge is 0.496 e. The van der Waals surface area contributed by atoms with E-state index < -0.39 is 35.7 Å². The molecule has 6 heterocycles. The van der Waals surface area contributed by atoms with Crippen molar-refractivity contribution in [2.45, 2.75) is 216 Å². The van der Waals surface area contributed by atoms with E-state index in [0.29, 0.717) is 162 Å². The van der Waals surface area contributed by atoms with Crippen LogP contribution < -0.4 is 20.7 Å². The number of hydrogen-bond donors (Lipinski definition) is 6. The Bertz CT molecular complexity index is 6700. The monoisotopic (exact) mass is 2000 g/mol. The molecule has 0 bridgehead atoms. The Labute approximate surface area is 858 Å². The number of aryl methyl sites for hydroxylation is 3. The maximum absolute atomic E-state index is 14.6. The molecule has 29 nitrogen and oxygen atoms in total. The first-order valence-corrected chi connectivity index (χ1v) is 51.1. The molecule has 9 aromatic carbocycles. The van der Waals surface area contributed by atoms with Crippen LogP contribution in [0, 0.1) is 43.7 Å². The summed E-state index contributed by atoms with van der Waals surface area (Å²) in [6, 6.07) is 62.1. The van der Waals surface area contributed by atoms with Crippen LogP contribution in [0.2, 0.25) is 0 Å². The molecule has 0 saturated heterocycles. The number of hydrogen-bond acceptors (Lipinski definition) is 17. The number of ether oxygens (including phenoxy) is 1. The molecular formula is C116H134F2N16O13. The van der Waals surface area contributed by atoms with E-state index in [4.69, 9.17) is 20.0 Å². The fraction of sp³-hybridized carbons (Fsp3) is 0.371. The summed E-state index contributed by atoms with van der Waals surface area (Å²) in [7, 11) is 1.57. The van der Waals surface area contributed by atoms with E-state index in [1.807, 2.05) is 126 Å². The van der Waals surface area contributed by atoms with Gasteiger partial charge in [-0.15, -0.1) is 0 Å². The fourth-order valence-corrected chi connectivity index (χ4v) is 18.7. The van der Waals surface area contributed by atoms with Crippen LogP contribution in [-0.4, -0.2) is 212 Å². The second kappa shape index (κ2) is 52.6. The van der Waals surface area contributed by atoms with Crippen molar-refractivity contribution in [2.24, 2.45) is 0 Å². The molecule has 770 valence electrons. The SMILES string of the molecule is CCCCN(CCCC)C(=O)c1cc(C)n(-c2ccc(NC(=O)Cc3ccc(F)c(F)c3)cc2C(=O)N2Cc3ccccc3C[C@H]2CO)n1.CCCCN(CCCC)C(=O)c1cc(C)n(-c2ccc(NC(=O)Cc3cccc(C#N)c3)cc2C(=O)N2Cc3ccccc3C[C@H]2CO)n1.CCCCN(CCCC)C(=O)c1cc(C)n(-c2ccc(NC(=O)Cc3ccccc3OC)cc2C(=O)N2Cc3ccccc3C[C@H]2CO)n1. The van der Waals surface area contributed by atoms with Crippen LogP contribution in [0.1, 0.15) is 254 Å². The zero-order valence-corrected chi connectivity index (χ0v) is 85.6. The summed E-state index contributed by atoms with van der Waals surface area (Å²) in [6.07, 6.45) is 12.6. The van der Waals surface area contributed by atoms with Crippen molar-refractivity contribution in [3.8, 4) is 28.9 Å². The van der Waals surface area contributed by atoms with Gasteiger partial charge >= 0.3 is 0 Å². The summed E-state index contributed by atoms with van der Waals surface area (Å²) in [5.74, 6) is -3.95. The van der Waals surface area contributed by atoms with Gasteiger partial charge in [-0.1, -0.05) is 189 Å². The number of rotatable bonds is 40. The number of para-hydroxylation sites is 1. The quantitative estimate of drug-likeness (QED) is 0.0208. The highest BCUT2D eigenvalue weighted by molar-refractivity contribution is 6.04. The topological polar surface area (TPSA) is 356 Å². The first-order valence-electron chi connectivity index (χ1n) is 51.1. The number of nitriles is 1. The molecular weight excluding hydrogens is 1860 g/mol. The Hall–Kier alpha value is -15.1. The first-order chi connectivity index (χ1) is 71.1. The zero-order chi connectivity index (χ0) is 105. The normalized spacial score (nSPS) is 13.9. The lowest BCUT2D eigenvalue weighted by atomic mass is 9.93. The second-order valence-corrected chi connectivity index (χ2v) is 37.7. The van der Waals surface area contributed by atoms with Crippen molar-refractivity contribution < 1.29 is 72.0 Å². The van der Waals surface area contributed by atoms with E-state index in [0.717, 1.165) is 128 Å². The van der Waals surface area contributed by atoms with Gasteiger partial charge in [0.1, 0.15) is 5.75 Å². The number of nitrogens with one attached hydrogen (secondary N) is 3. The van der Waals surface area contributed by atoms with Crippen molar-refractivity contribution in [1.82, 2.24) is 58.7 Å². The molecule has 31 heteroatoms. The number of carbonyl (C=O) groups excluding carboxylic acids is 9. The summed E-state index contributed by atoms with van der Waals surface area (Å²) in [5.41, 5.74) is 14.7. The Kier molecular flexibility index (Phi) is 39.0. The molecule has 0 unspecified atom stereocenters. The number of aromatic nitrogens is 6. The third kappa shape index (κ3) is 27.6. The van der Waals surface area contributed by atoms with Crippen molar-refractivity contribution in [1.29, 1.82) is 5.26 Å². The van der Waals surface area contributed by atoms with Crippen LogP contribution in [0.15, 0.2) is 212 Å². The van der Waals surface area contributed by atoms with E-state index in [2.05, 4.69) is 63.6 Å². The van der Waals surface area contributed by atoms with Crippen molar-refractivity contribution in [3.05, 3.63) is 330 Å². The lowest BCUT2D eigenvalue weighted by molar-refractivity contribution is -0.116. The van der Waals surface area contributed by atoms with Crippen LogP contribution in [0.4, 0.5) is 25.8 Å². The Morgan fingerprint density at radius 2 is 0.701 bits per heavy atom. The van der Waals surface area contributed by atoms with Gasteiger partial charge in [0.2, 0.25) is 17.7 Å². The minimum absolute atomic E-state index is 0.0480. The van der Waals surface area contributed by atoms with Crippen LogP contribution in [0.5, 0.6) is 5.75 Å². The summed E-state index contributed by atoms with van der Waals surface area (Å²) < 4.78 is 37.4. The molecule has 0 spiro atoms. The molecule has 3 aliphatic rings. The summed E-state index contributed by atoms with van der Waals surface area (Å²) in [5, 5.41) is 63.2. The van der Waals surface area contributed by atoms with Gasteiger partial charge in [-0.05, 0) is 226 Å². The first kappa shape index (κ1) is 109. The summed E-state index contributed by atoms with van der Waals surface area (Å²) in [4.78, 5) is 134. The highest BCUT2D eigenvalue weighted by Gasteiger charge is 2.38. The molecule has 12 aromatic rings. The molecule has 0 fully saturated rings. The van der Waals surface area contributed by atoms with E-state index >= 15 is 0 Å². The number of methoxy groups -OCH3 is 1. The molecule has 9 amide bonds. The van der Waals surface area contributed by atoms with Gasteiger partial charge in [0.05, 0.1) is 110 Å². The van der Waals surface area contributed by atoms with Gasteiger partial charge in [-0.3, -0.25) is 43.2 Å². The third-order valence-corrected chi connectivity index (χ3v) is 26.9. The second-order valence-electron chi connectivity index (χ2n) is 37.7. The molecule has 0 saturated carbocycles. The summed E-state index contributed by atoms with van der Waals surface area (Å²) >= 11 is 0. The fourth-order valence-electron chi connectivity index (χ4n) is 18.7. The molecule has 6 N–H and O–H groups in total. The van der Waals surface area contributed by atoms with E-state index in [1.54, 1.807) is 139 Å². The smallest absolute Gasteiger partial charge is 0.274 e. The molecule has 0 aliphatic carbocycles. The number of aliphatic hydroxyl groups excluding tert-OH is 3. The minimum atomic E-state index is -1.05. The number of unbranched alkanes of at least 4 members (excludes halogenated alkanes) is 6. The molecule has 147 heavy (non-hydrogen) atoms. The van der Waals surface area contributed by atoms with Gasteiger partial charge in [0.15, 0.2) is 28.7 Å². The standard InChI is InChI=1S/C39H44N6O4.C39H47N5O5.C38H43F2N5O4/c1-4-6-17-43(18-7-5-2)39(49)35-19-27(3)45(42-35)36-16-15-32(41-37(47)21-28-11-10-12-29(20-28)24-40)23-34(36)38(48)44-25-31-14-9-8-13-30(31)22-33(44)26-46;1-5-7-19-42(20-8-6-2)39(48)34-21-27(3)44(41-34)35-18-17-31(40-37(46)23-29-14-11-12-16-36(29)49-4)24-33(35)38(47)43-25-30-15-10-9-13-28(30)22-32(43)26-45;1-4-6-16-43(17-7-5-2)38(49)34-18-25(3)45(42-34)35-15-13-29(41-36(47)20-26-12-14-32(39)33(40)19-26)22-31(35)37(48)44-23-28-11-9-8-10-27(28)21-30(44)24-46/h8-16,19-20,23,33,46H,4-7,17-18,21-22,25-26H2,1-3H3,(H,41,47);9-18,21,24,32,45H,5-8,19-20,22-23,25-26H2,1-4H3,(H,40,46);8-15,18-19,22,30,46H,4-7,16-17,20-21,23-24H2,1-3H3,(H,41,47)/t33-;32-;30-/m000/s1. The number of nitrogens with zero attached hydrogens (tertiary/aromatic N) is 13. The zero-order valence-electron chi connectivity index (χ0n) is 85.6. The van der Waals surface area contributed by atoms with E-state index in [-0.39, 0.29) is 110 Å². The predicted octanol–water partition coefficient (Wildman–Crippen LogP) is 18.0.